The van der Waals surface area contributed by atoms with Crippen LogP contribution in [-0.4, -0.2) is 16.3 Å². The molecule has 0 atom stereocenters. The molecular weight excluding hydrogens is 296 g/mol. The second-order valence-electron chi connectivity index (χ2n) is 4.67. The largest absolute Gasteiger partial charge is 0.351 e. The lowest BCUT2D eigenvalue weighted by Crippen LogP contribution is -2.46. The molecule has 0 radical (unpaired) electrons. The number of halogens is 1. The number of rotatable bonds is 5. The highest BCUT2D eigenvalue weighted by atomic mass is 79.9. The van der Waals surface area contributed by atoms with Crippen molar-refractivity contribution in [2.24, 2.45) is 11.7 Å². The highest BCUT2D eigenvalue weighted by Crippen LogP contribution is 2.26. The van der Waals surface area contributed by atoms with Crippen molar-refractivity contribution in [3.05, 3.63) is 0 Å². The molecule has 0 aromatic carbocycles. The van der Waals surface area contributed by atoms with E-state index in [4.69, 9.17) is 5.73 Å². The van der Waals surface area contributed by atoms with Gasteiger partial charge in [0.25, 0.3) is 0 Å². The molecule has 0 spiro atoms. The van der Waals surface area contributed by atoms with Crippen molar-refractivity contribution in [2.45, 2.75) is 64.6 Å². The molecule has 0 saturated heterocycles. The third-order valence-electron chi connectivity index (χ3n) is 2.63. The number of primary amides is 1. The molecule has 5 heteroatoms. The van der Waals surface area contributed by atoms with Crippen molar-refractivity contribution in [3.8, 4) is 0 Å². The lowest BCUT2D eigenvalue weighted by atomic mass is 10.0. The first-order chi connectivity index (χ1) is 8.23. The van der Waals surface area contributed by atoms with E-state index in [1.807, 2.05) is 19.2 Å². The van der Waals surface area contributed by atoms with Gasteiger partial charge in [0.1, 0.15) is 4.32 Å². The molecule has 3 N–H and O–H groups in total. The van der Waals surface area contributed by atoms with Crippen LogP contribution in [0.3, 0.4) is 0 Å². The molecule has 3 amide bonds. The van der Waals surface area contributed by atoms with Crippen LogP contribution in [0, 0.1) is 5.92 Å². The minimum absolute atomic E-state index is 0.375. The van der Waals surface area contributed by atoms with E-state index in [0.29, 0.717) is 12.8 Å². The minimum atomic E-state index is -0.814. The Morgan fingerprint density at radius 1 is 1.22 bits per heavy atom. The molecule has 0 aromatic heterocycles. The number of nitrogens with one attached hydrogen (secondary N) is 1. The van der Waals surface area contributed by atoms with Gasteiger partial charge in [-0.1, -0.05) is 63.4 Å². The van der Waals surface area contributed by atoms with Crippen molar-refractivity contribution in [2.75, 3.05) is 0 Å². The monoisotopic (exact) mass is 322 g/mol. The molecule has 0 aliphatic heterocycles. The van der Waals surface area contributed by atoms with Crippen molar-refractivity contribution >= 4 is 27.9 Å². The maximum absolute atomic E-state index is 11.3. The summed E-state index contributed by atoms with van der Waals surface area (Å²) in [6.45, 7) is 10.4. The van der Waals surface area contributed by atoms with Gasteiger partial charge in [-0.3, -0.25) is 10.1 Å². The standard InChI is InChI=1S/C7H13BrN2O2.C6H14/c1-3-7(8,4-2)5(11)10-6(9)12;1-4-5-6(2)3/h3-4H2,1-2H3,(H3,9,10,11,12);6H,4-5H2,1-3H3. The Morgan fingerprint density at radius 2 is 1.67 bits per heavy atom. The van der Waals surface area contributed by atoms with E-state index in [2.05, 4.69) is 36.7 Å². The van der Waals surface area contributed by atoms with Gasteiger partial charge in [0.2, 0.25) is 5.91 Å². The zero-order valence-electron chi connectivity index (χ0n) is 12.2. The van der Waals surface area contributed by atoms with E-state index >= 15 is 0 Å². The number of urea groups is 1. The summed E-state index contributed by atoms with van der Waals surface area (Å²) in [5, 5.41) is 2.04. The second-order valence-corrected chi connectivity index (χ2v) is 6.19. The summed E-state index contributed by atoms with van der Waals surface area (Å²) in [6, 6.07) is -0.814. The molecule has 0 rings (SSSR count). The van der Waals surface area contributed by atoms with E-state index in [1.54, 1.807) is 0 Å². The van der Waals surface area contributed by atoms with Crippen LogP contribution in [0.5, 0.6) is 0 Å². The van der Waals surface area contributed by atoms with Crippen molar-refractivity contribution in [1.82, 2.24) is 5.32 Å². The summed E-state index contributed by atoms with van der Waals surface area (Å²) in [5.74, 6) is 0.523. The van der Waals surface area contributed by atoms with E-state index in [0.717, 1.165) is 5.92 Å². The summed E-state index contributed by atoms with van der Waals surface area (Å²) >= 11 is 3.26. The van der Waals surface area contributed by atoms with Crippen LogP contribution < -0.4 is 11.1 Å². The van der Waals surface area contributed by atoms with E-state index in [9.17, 15) is 9.59 Å². The Kier molecular flexibility index (Phi) is 11.4. The van der Waals surface area contributed by atoms with Gasteiger partial charge < -0.3 is 5.73 Å². The normalized spacial score (nSPS) is 10.6. The Labute approximate surface area is 119 Å². The first-order valence-electron chi connectivity index (χ1n) is 6.53. The molecular formula is C13H27BrN2O2. The van der Waals surface area contributed by atoms with Crippen molar-refractivity contribution in [3.63, 3.8) is 0 Å². The molecule has 18 heavy (non-hydrogen) atoms. The molecule has 0 bridgehead atoms. The van der Waals surface area contributed by atoms with Gasteiger partial charge >= 0.3 is 6.03 Å². The molecule has 0 aliphatic carbocycles. The lowest BCUT2D eigenvalue weighted by Gasteiger charge is -2.21. The molecule has 0 heterocycles. The zero-order valence-corrected chi connectivity index (χ0v) is 13.8. The van der Waals surface area contributed by atoms with Crippen LogP contribution in [0.25, 0.3) is 0 Å². The molecule has 4 nitrogen and oxygen atoms in total. The van der Waals surface area contributed by atoms with Crippen LogP contribution in [-0.2, 0) is 4.79 Å². The summed E-state index contributed by atoms with van der Waals surface area (Å²) in [5.41, 5.74) is 4.81. The predicted octanol–water partition coefficient (Wildman–Crippen LogP) is 3.58. The van der Waals surface area contributed by atoms with Crippen molar-refractivity contribution in [1.29, 1.82) is 0 Å². The quantitative estimate of drug-likeness (QED) is 0.759. The fourth-order valence-corrected chi connectivity index (χ4v) is 1.47. The highest BCUT2D eigenvalue weighted by molar-refractivity contribution is 9.10. The number of imide groups is 1. The molecule has 0 fully saturated rings. The van der Waals surface area contributed by atoms with E-state index < -0.39 is 10.4 Å². The Morgan fingerprint density at radius 3 is 1.83 bits per heavy atom. The maximum atomic E-state index is 11.3. The lowest BCUT2D eigenvalue weighted by molar-refractivity contribution is -0.122. The fraction of sp³-hybridized carbons (Fsp3) is 0.846. The zero-order chi connectivity index (χ0) is 14.8. The highest BCUT2D eigenvalue weighted by Gasteiger charge is 2.32. The van der Waals surface area contributed by atoms with E-state index in [1.165, 1.54) is 12.8 Å². The van der Waals surface area contributed by atoms with Crippen LogP contribution in [0.2, 0.25) is 0 Å². The molecule has 0 saturated carbocycles. The molecule has 0 aliphatic rings. The topological polar surface area (TPSA) is 72.2 Å². The van der Waals surface area contributed by atoms with Crippen molar-refractivity contribution < 1.29 is 9.59 Å². The Hall–Kier alpha value is -0.580. The van der Waals surface area contributed by atoms with Crippen LogP contribution in [0.1, 0.15) is 60.3 Å². The number of nitrogens with two attached hydrogens (primary N) is 1. The first-order valence-corrected chi connectivity index (χ1v) is 7.32. The minimum Gasteiger partial charge on any atom is -0.351 e. The van der Waals surface area contributed by atoms with Crippen LogP contribution >= 0.6 is 15.9 Å². The predicted molar refractivity (Wildman–Crippen MR) is 79.7 cm³/mol. The van der Waals surface area contributed by atoms with Gasteiger partial charge in [0, 0.05) is 0 Å². The van der Waals surface area contributed by atoms with Crippen LogP contribution in [0.4, 0.5) is 4.79 Å². The number of hydrogen-bond acceptors (Lipinski definition) is 2. The smallest absolute Gasteiger partial charge is 0.318 e. The number of carbonyl (C=O) groups is 2. The average Bonchev–Trinajstić information content (AvgIpc) is 2.27. The number of hydrogen-bond donors (Lipinski definition) is 2. The number of alkyl halides is 1. The summed E-state index contributed by atoms with van der Waals surface area (Å²) in [6.07, 6.45) is 3.93. The second kappa shape index (κ2) is 10.4. The first kappa shape index (κ1) is 19.8. The maximum Gasteiger partial charge on any atom is 0.318 e. The number of carbonyl (C=O) groups excluding carboxylic acids is 2. The SMILES string of the molecule is CCC(Br)(CC)C(=O)NC(N)=O.CCCC(C)C. The van der Waals surface area contributed by atoms with Gasteiger partial charge in [-0.05, 0) is 18.8 Å². The Bertz CT molecular complexity index is 251. The summed E-state index contributed by atoms with van der Waals surface area (Å²) < 4.78 is -0.665. The van der Waals surface area contributed by atoms with Gasteiger partial charge in [0.15, 0.2) is 0 Å². The molecule has 108 valence electrons. The third-order valence-corrected chi connectivity index (χ3v) is 4.11. The number of amides is 3. The third kappa shape index (κ3) is 9.45. The van der Waals surface area contributed by atoms with Gasteiger partial charge in [-0.15, -0.1) is 0 Å². The van der Waals surface area contributed by atoms with Crippen LogP contribution in [0.15, 0.2) is 0 Å². The molecule has 0 aromatic rings. The van der Waals surface area contributed by atoms with Gasteiger partial charge in [0.05, 0.1) is 0 Å². The fourth-order valence-electron chi connectivity index (χ4n) is 1.37. The van der Waals surface area contributed by atoms with Gasteiger partial charge in [-0.25, -0.2) is 4.79 Å². The van der Waals surface area contributed by atoms with Gasteiger partial charge in [-0.2, -0.15) is 0 Å². The average molecular weight is 323 g/mol. The van der Waals surface area contributed by atoms with E-state index in [-0.39, 0.29) is 5.91 Å². The Balaban J connectivity index is 0. The summed E-state index contributed by atoms with van der Waals surface area (Å²) in [4.78, 5) is 21.6. The molecule has 0 unspecified atom stereocenters. The summed E-state index contributed by atoms with van der Waals surface area (Å²) in [7, 11) is 0.